The van der Waals surface area contributed by atoms with Crippen LogP contribution in [0.3, 0.4) is 0 Å². The van der Waals surface area contributed by atoms with E-state index in [2.05, 4.69) is 22.1 Å². The number of carbonyl (C=O) groups excluding carboxylic acids is 1. The second-order valence-electron chi connectivity index (χ2n) is 8.86. The molecule has 36 heavy (non-hydrogen) atoms. The quantitative estimate of drug-likeness (QED) is 0.324. The molecule has 0 saturated heterocycles. The van der Waals surface area contributed by atoms with Gasteiger partial charge in [0, 0.05) is 70.7 Å². The average molecular weight is 492 g/mol. The Morgan fingerprint density at radius 1 is 1.03 bits per heavy atom. The van der Waals surface area contributed by atoms with Crippen molar-refractivity contribution in [3.8, 4) is 21.8 Å². The summed E-state index contributed by atoms with van der Waals surface area (Å²) in [7, 11) is 0. The number of hydrogen-bond acceptors (Lipinski definition) is 6. The molecule has 0 bridgehead atoms. The van der Waals surface area contributed by atoms with Crippen molar-refractivity contribution in [1.29, 1.82) is 0 Å². The topological polar surface area (TPSA) is 71.0 Å². The lowest BCUT2D eigenvalue weighted by atomic mass is 9.95. The second kappa shape index (κ2) is 9.60. The van der Waals surface area contributed by atoms with E-state index >= 15 is 0 Å². The van der Waals surface area contributed by atoms with E-state index in [0.29, 0.717) is 0 Å². The SMILES string of the molecule is CCN1CCc2nc3ccccc3c(C(=O)Nc3cccc(-c4csc(-c5ccncc5)n4)c3)c2C1. The number of pyridine rings is 2. The monoisotopic (exact) mass is 491 g/mol. The number of fused-ring (bicyclic) bond motifs is 2. The van der Waals surface area contributed by atoms with Gasteiger partial charge in [0.25, 0.3) is 5.91 Å². The minimum absolute atomic E-state index is 0.101. The van der Waals surface area contributed by atoms with Crippen LogP contribution in [0.15, 0.2) is 78.4 Å². The Morgan fingerprint density at radius 2 is 1.89 bits per heavy atom. The Kier molecular flexibility index (Phi) is 6.01. The highest BCUT2D eigenvalue weighted by Crippen LogP contribution is 2.31. The first-order valence-corrected chi connectivity index (χ1v) is 13.0. The molecule has 7 heteroatoms. The molecule has 0 radical (unpaired) electrons. The summed E-state index contributed by atoms with van der Waals surface area (Å²) in [5.41, 5.74) is 7.30. The Labute approximate surface area is 213 Å². The van der Waals surface area contributed by atoms with Crippen LogP contribution in [0.1, 0.15) is 28.5 Å². The van der Waals surface area contributed by atoms with Crippen molar-refractivity contribution >= 4 is 33.8 Å². The molecule has 0 unspecified atom stereocenters. The largest absolute Gasteiger partial charge is 0.322 e. The summed E-state index contributed by atoms with van der Waals surface area (Å²) in [4.78, 5) is 29.9. The van der Waals surface area contributed by atoms with E-state index in [4.69, 9.17) is 9.97 Å². The molecule has 178 valence electrons. The van der Waals surface area contributed by atoms with Crippen molar-refractivity contribution in [1.82, 2.24) is 19.9 Å². The van der Waals surface area contributed by atoms with Crippen LogP contribution in [0.2, 0.25) is 0 Å². The third kappa shape index (κ3) is 4.27. The number of thiazole rings is 1. The molecule has 0 fully saturated rings. The van der Waals surface area contributed by atoms with Crippen molar-refractivity contribution in [2.24, 2.45) is 0 Å². The van der Waals surface area contributed by atoms with Crippen LogP contribution in [0.5, 0.6) is 0 Å². The smallest absolute Gasteiger partial charge is 0.256 e. The van der Waals surface area contributed by atoms with Crippen molar-refractivity contribution in [3.63, 3.8) is 0 Å². The first-order valence-electron chi connectivity index (χ1n) is 12.1. The zero-order valence-electron chi connectivity index (χ0n) is 19.9. The Hall–Kier alpha value is -3.94. The van der Waals surface area contributed by atoms with Crippen LogP contribution in [-0.2, 0) is 13.0 Å². The number of para-hydroxylation sites is 1. The fourth-order valence-electron chi connectivity index (χ4n) is 4.76. The van der Waals surface area contributed by atoms with Gasteiger partial charge in [-0.3, -0.25) is 19.7 Å². The van der Waals surface area contributed by atoms with Gasteiger partial charge in [0.05, 0.1) is 16.8 Å². The lowest BCUT2D eigenvalue weighted by molar-refractivity contribution is 0.102. The molecule has 6 rings (SSSR count). The number of likely N-dealkylation sites (N-methyl/N-ethyl adjacent to an activating group) is 1. The van der Waals surface area contributed by atoms with E-state index in [9.17, 15) is 4.79 Å². The minimum atomic E-state index is -0.101. The summed E-state index contributed by atoms with van der Waals surface area (Å²) in [5, 5.41) is 7.04. The van der Waals surface area contributed by atoms with Crippen molar-refractivity contribution < 1.29 is 4.79 Å². The molecule has 1 aliphatic rings. The molecule has 5 aromatic rings. The zero-order valence-corrected chi connectivity index (χ0v) is 20.8. The third-order valence-electron chi connectivity index (χ3n) is 6.65. The summed E-state index contributed by atoms with van der Waals surface area (Å²) in [6.07, 6.45) is 4.40. The van der Waals surface area contributed by atoms with E-state index in [1.807, 2.05) is 66.0 Å². The van der Waals surface area contributed by atoms with Gasteiger partial charge >= 0.3 is 0 Å². The van der Waals surface area contributed by atoms with Crippen molar-refractivity contribution in [2.75, 3.05) is 18.4 Å². The highest BCUT2D eigenvalue weighted by molar-refractivity contribution is 7.13. The molecule has 2 aromatic carbocycles. The molecule has 0 atom stereocenters. The molecule has 6 nitrogen and oxygen atoms in total. The van der Waals surface area contributed by atoms with Gasteiger partial charge in [0.1, 0.15) is 5.01 Å². The number of hydrogen-bond donors (Lipinski definition) is 1. The fraction of sp³-hybridized carbons (Fsp3) is 0.172. The standard InChI is InChI=1S/C29H25N5OS/c1-2-34-15-12-25-23(17-34)27(22-8-3-4-9-24(22)32-25)28(35)31-21-7-5-6-20(16-21)26-18-36-29(33-26)19-10-13-30-14-11-19/h3-11,13-14,16,18H,2,12,15,17H2,1H3,(H,31,35). The normalized spacial score (nSPS) is 13.5. The number of rotatable bonds is 5. The summed E-state index contributed by atoms with van der Waals surface area (Å²) in [5.74, 6) is -0.101. The third-order valence-corrected chi connectivity index (χ3v) is 7.54. The minimum Gasteiger partial charge on any atom is -0.322 e. The van der Waals surface area contributed by atoms with Gasteiger partial charge < -0.3 is 5.32 Å². The lowest BCUT2D eigenvalue weighted by Crippen LogP contribution is -2.33. The second-order valence-corrected chi connectivity index (χ2v) is 9.71. The molecule has 0 aliphatic carbocycles. The van der Waals surface area contributed by atoms with Gasteiger partial charge in [-0.2, -0.15) is 0 Å². The number of carbonyl (C=O) groups is 1. The van der Waals surface area contributed by atoms with Crippen LogP contribution < -0.4 is 5.32 Å². The summed E-state index contributed by atoms with van der Waals surface area (Å²) in [6, 6.07) is 19.7. The Morgan fingerprint density at radius 3 is 2.75 bits per heavy atom. The van der Waals surface area contributed by atoms with Crippen LogP contribution >= 0.6 is 11.3 Å². The van der Waals surface area contributed by atoms with E-state index in [0.717, 1.165) is 81.3 Å². The summed E-state index contributed by atoms with van der Waals surface area (Å²) in [6.45, 7) is 4.81. The molecule has 4 heterocycles. The number of aromatic nitrogens is 3. The van der Waals surface area contributed by atoms with Crippen LogP contribution in [0, 0.1) is 0 Å². The number of amides is 1. The highest BCUT2D eigenvalue weighted by atomic mass is 32.1. The molecular weight excluding hydrogens is 466 g/mol. The number of anilines is 1. The number of nitrogens with one attached hydrogen (secondary N) is 1. The fourth-order valence-corrected chi connectivity index (χ4v) is 5.59. The van der Waals surface area contributed by atoms with E-state index < -0.39 is 0 Å². The first kappa shape index (κ1) is 22.5. The maximum atomic E-state index is 13.8. The lowest BCUT2D eigenvalue weighted by Gasteiger charge is -2.29. The van der Waals surface area contributed by atoms with Crippen molar-refractivity contribution in [2.45, 2.75) is 19.9 Å². The highest BCUT2D eigenvalue weighted by Gasteiger charge is 2.25. The molecule has 1 N–H and O–H groups in total. The average Bonchev–Trinajstić information content (AvgIpc) is 3.42. The van der Waals surface area contributed by atoms with Gasteiger partial charge in [-0.1, -0.05) is 37.3 Å². The van der Waals surface area contributed by atoms with Gasteiger partial charge in [-0.25, -0.2) is 4.98 Å². The molecule has 1 amide bonds. The zero-order chi connectivity index (χ0) is 24.5. The Balaban J connectivity index is 1.33. The number of benzene rings is 2. The van der Waals surface area contributed by atoms with Crippen LogP contribution in [0.4, 0.5) is 5.69 Å². The van der Waals surface area contributed by atoms with Gasteiger partial charge in [0.2, 0.25) is 0 Å². The first-order chi connectivity index (χ1) is 17.7. The molecule has 0 spiro atoms. The molecular formula is C29H25N5OS. The van der Waals surface area contributed by atoms with E-state index in [1.165, 1.54) is 0 Å². The molecule has 3 aromatic heterocycles. The van der Waals surface area contributed by atoms with Gasteiger partial charge in [-0.05, 0) is 36.9 Å². The van der Waals surface area contributed by atoms with Crippen LogP contribution in [0.25, 0.3) is 32.7 Å². The number of nitrogens with zero attached hydrogens (tertiary/aromatic N) is 4. The predicted molar refractivity (Wildman–Crippen MR) is 145 cm³/mol. The van der Waals surface area contributed by atoms with Gasteiger partial charge in [-0.15, -0.1) is 11.3 Å². The molecule has 1 aliphatic heterocycles. The van der Waals surface area contributed by atoms with Crippen molar-refractivity contribution in [3.05, 3.63) is 95.3 Å². The maximum absolute atomic E-state index is 13.8. The van der Waals surface area contributed by atoms with E-state index in [-0.39, 0.29) is 5.91 Å². The summed E-state index contributed by atoms with van der Waals surface area (Å²) < 4.78 is 0. The summed E-state index contributed by atoms with van der Waals surface area (Å²) >= 11 is 1.60. The van der Waals surface area contributed by atoms with Crippen LogP contribution in [-0.4, -0.2) is 38.8 Å². The Bertz CT molecular complexity index is 1560. The predicted octanol–water partition coefficient (Wildman–Crippen LogP) is 6.05. The maximum Gasteiger partial charge on any atom is 0.256 e. The molecule has 0 saturated carbocycles. The van der Waals surface area contributed by atoms with Gasteiger partial charge in [0.15, 0.2) is 0 Å². The van der Waals surface area contributed by atoms with E-state index in [1.54, 1.807) is 23.7 Å².